The summed E-state index contributed by atoms with van der Waals surface area (Å²) in [7, 11) is 3.11. The molecule has 32 heavy (non-hydrogen) atoms. The number of benzene rings is 1. The number of anilines is 1. The van der Waals surface area contributed by atoms with Crippen molar-refractivity contribution in [3.63, 3.8) is 0 Å². The highest BCUT2D eigenvalue weighted by Crippen LogP contribution is 2.30. The van der Waals surface area contributed by atoms with Crippen LogP contribution in [-0.4, -0.2) is 59.2 Å². The van der Waals surface area contributed by atoms with Gasteiger partial charge >= 0.3 is 0 Å². The molecule has 1 fully saturated rings. The molecule has 1 saturated heterocycles. The first kappa shape index (κ1) is 21.4. The Morgan fingerprint density at radius 3 is 2.56 bits per heavy atom. The maximum absolute atomic E-state index is 12.9. The van der Waals surface area contributed by atoms with E-state index in [1.54, 1.807) is 55.8 Å². The zero-order chi connectivity index (χ0) is 22.5. The third kappa shape index (κ3) is 4.56. The van der Waals surface area contributed by atoms with Crippen molar-refractivity contribution in [2.24, 2.45) is 5.92 Å². The Hall–Kier alpha value is -3.88. The largest absolute Gasteiger partial charge is 0.493 e. The van der Waals surface area contributed by atoms with Crippen LogP contribution in [0.4, 0.5) is 5.69 Å². The first-order valence-corrected chi connectivity index (χ1v) is 10.4. The van der Waals surface area contributed by atoms with Crippen molar-refractivity contribution in [1.82, 2.24) is 20.1 Å². The molecule has 9 nitrogen and oxygen atoms in total. The molecule has 1 aliphatic rings. The highest BCUT2D eigenvalue weighted by molar-refractivity contribution is 5.95. The summed E-state index contributed by atoms with van der Waals surface area (Å²) in [4.78, 5) is 31.4. The van der Waals surface area contributed by atoms with Crippen LogP contribution in [0, 0.1) is 5.92 Å². The van der Waals surface area contributed by atoms with Crippen LogP contribution in [-0.2, 0) is 4.79 Å². The Morgan fingerprint density at radius 1 is 1.09 bits per heavy atom. The van der Waals surface area contributed by atoms with Crippen LogP contribution >= 0.6 is 0 Å². The minimum absolute atomic E-state index is 0.0651. The number of aromatic amines is 1. The number of nitrogens with one attached hydrogen (secondary N) is 2. The average molecular weight is 435 g/mol. The number of rotatable bonds is 6. The maximum Gasteiger partial charge on any atom is 0.271 e. The molecule has 2 amide bonds. The zero-order valence-electron chi connectivity index (χ0n) is 18.0. The minimum atomic E-state index is -0.167. The predicted molar refractivity (Wildman–Crippen MR) is 119 cm³/mol. The summed E-state index contributed by atoms with van der Waals surface area (Å²) in [6.07, 6.45) is 4.57. The summed E-state index contributed by atoms with van der Waals surface area (Å²) in [6, 6.07) is 10.7. The van der Waals surface area contributed by atoms with Gasteiger partial charge in [0.2, 0.25) is 5.91 Å². The lowest BCUT2D eigenvalue weighted by molar-refractivity contribution is -0.121. The van der Waals surface area contributed by atoms with Gasteiger partial charge in [0.1, 0.15) is 5.69 Å². The van der Waals surface area contributed by atoms with Gasteiger partial charge in [-0.3, -0.25) is 19.7 Å². The van der Waals surface area contributed by atoms with Gasteiger partial charge in [-0.1, -0.05) is 0 Å². The Bertz CT molecular complexity index is 1090. The van der Waals surface area contributed by atoms with Gasteiger partial charge in [-0.25, -0.2) is 0 Å². The summed E-state index contributed by atoms with van der Waals surface area (Å²) in [5.74, 6) is 0.801. The van der Waals surface area contributed by atoms with E-state index in [1.165, 1.54) is 0 Å². The van der Waals surface area contributed by atoms with E-state index >= 15 is 0 Å². The number of hydrogen-bond acceptors (Lipinski definition) is 6. The number of methoxy groups -OCH3 is 2. The number of hydrogen-bond donors (Lipinski definition) is 2. The van der Waals surface area contributed by atoms with Crippen molar-refractivity contribution in [1.29, 1.82) is 0 Å². The van der Waals surface area contributed by atoms with Crippen molar-refractivity contribution in [3.8, 4) is 22.8 Å². The van der Waals surface area contributed by atoms with Gasteiger partial charge in [0.25, 0.3) is 5.91 Å². The van der Waals surface area contributed by atoms with Crippen LogP contribution in [0.15, 0.2) is 48.8 Å². The van der Waals surface area contributed by atoms with Crippen molar-refractivity contribution in [2.75, 3.05) is 32.6 Å². The van der Waals surface area contributed by atoms with Gasteiger partial charge < -0.3 is 19.7 Å². The van der Waals surface area contributed by atoms with Gasteiger partial charge in [0, 0.05) is 48.7 Å². The third-order valence-electron chi connectivity index (χ3n) is 5.57. The molecule has 4 rings (SSSR count). The van der Waals surface area contributed by atoms with Crippen LogP contribution < -0.4 is 14.8 Å². The fourth-order valence-electron chi connectivity index (χ4n) is 3.77. The van der Waals surface area contributed by atoms with E-state index < -0.39 is 0 Å². The second kappa shape index (κ2) is 9.51. The average Bonchev–Trinajstić information content (AvgIpc) is 3.34. The number of carbonyl (C=O) groups excluding carboxylic acids is 2. The molecule has 1 aromatic carbocycles. The van der Waals surface area contributed by atoms with Gasteiger partial charge in [0.05, 0.1) is 19.9 Å². The first-order valence-electron chi connectivity index (χ1n) is 10.4. The van der Waals surface area contributed by atoms with Gasteiger partial charge in [-0.2, -0.15) is 5.10 Å². The smallest absolute Gasteiger partial charge is 0.271 e. The second-order valence-electron chi connectivity index (χ2n) is 7.53. The normalized spacial score (nSPS) is 14.1. The second-order valence-corrected chi connectivity index (χ2v) is 7.53. The fraction of sp³-hybridized carbons (Fsp3) is 0.304. The first-order chi connectivity index (χ1) is 15.6. The number of amides is 2. The lowest BCUT2D eigenvalue weighted by atomic mass is 9.95. The molecule has 0 bridgehead atoms. The molecule has 2 N–H and O–H groups in total. The summed E-state index contributed by atoms with van der Waals surface area (Å²) >= 11 is 0. The standard InChI is InChI=1S/C23H25N5O4/c1-31-20-6-5-17(12-21(20)32-2)25-22(29)15-7-10-28(11-8-15)23(30)19-13-18(26-27-19)16-4-3-9-24-14-16/h3-6,9,12-15H,7-8,10-11H2,1-2H3,(H,25,29)(H,26,27). The monoisotopic (exact) mass is 435 g/mol. The predicted octanol–water partition coefficient (Wildman–Crippen LogP) is 2.98. The number of ether oxygens (including phenoxy) is 2. The van der Waals surface area contributed by atoms with E-state index in [2.05, 4.69) is 20.5 Å². The van der Waals surface area contributed by atoms with Crippen LogP contribution in [0.1, 0.15) is 23.3 Å². The molecule has 3 aromatic rings. The molecule has 9 heteroatoms. The maximum atomic E-state index is 12.9. The number of nitrogens with zero attached hydrogens (tertiary/aromatic N) is 3. The Labute approximate surface area is 185 Å². The van der Waals surface area contributed by atoms with Gasteiger partial charge in [0.15, 0.2) is 11.5 Å². The highest BCUT2D eigenvalue weighted by atomic mass is 16.5. The van der Waals surface area contributed by atoms with Crippen LogP contribution in [0.25, 0.3) is 11.3 Å². The number of pyridine rings is 1. The van der Waals surface area contributed by atoms with E-state index in [0.717, 1.165) is 5.56 Å². The van der Waals surface area contributed by atoms with Crippen molar-refractivity contribution in [3.05, 3.63) is 54.5 Å². The number of piperidine rings is 1. The number of aromatic nitrogens is 3. The summed E-state index contributed by atoms with van der Waals surface area (Å²) in [5, 5.41) is 9.98. The molecule has 166 valence electrons. The Morgan fingerprint density at radius 2 is 1.88 bits per heavy atom. The minimum Gasteiger partial charge on any atom is -0.493 e. The highest BCUT2D eigenvalue weighted by Gasteiger charge is 2.29. The van der Waals surface area contributed by atoms with Crippen LogP contribution in [0.2, 0.25) is 0 Å². The van der Waals surface area contributed by atoms with Gasteiger partial charge in [-0.05, 0) is 43.2 Å². The molecule has 0 saturated carbocycles. The van der Waals surface area contributed by atoms with Crippen molar-refractivity contribution >= 4 is 17.5 Å². The molecule has 2 aromatic heterocycles. The molecular weight excluding hydrogens is 410 g/mol. The summed E-state index contributed by atoms with van der Waals surface area (Å²) < 4.78 is 10.5. The quantitative estimate of drug-likeness (QED) is 0.616. The SMILES string of the molecule is COc1ccc(NC(=O)C2CCN(C(=O)c3cc(-c4cccnc4)n[nH]3)CC2)cc1OC. The van der Waals surface area contributed by atoms with Crippen LogP contribution in [0.5, 0.6) is 11.5 Å². The molecular formula is C23H25N5O4. The molecule has 0 spiro atoms. The number of H-pyrrole nitrogens is 1. The summed E-state index contributed by atoms with van der Waals surface area (Å²) in [6.45, 7) is 1.01. The molecule has 1 aliphatic heterocycles. The lowest BCUT2D eigenvalue weighted by Crippen LogP contribution is -2.41. The van der Waals surface area contributed by atoms with Gasteiger partial charge in [-0.15, -0.1) is 0 Å². The molecule has 0 aliphatic carbocycles. The zero-order valence-corrected chi connectivity index (χ0v) is 18.0. The van der Waals surface area contributed by atoms with E-state index in [-0.39, 0.29) is 17.7 Å². The van der Waals surface area contributed by atoms with E-state index in [4.69, 9.17) is 9.47 Å². The Kier molecular flexibility index (Phi) is 6.34. The Balaban J connectivity index is 1.33. The molecule has 0 atom stereocenters. The van der Waals surface area contributed by atoms with Crippen molar-refractivity contribution < 1.29 is 19.1 Å². The summed E-state index contributed by atoms with van der Waals surface area (Å²) in [5.41, 5.74) is 2.59. The molecule has 0 radical (unpaired) electrons. The molecule has 3 heterocycles. The van der Waals surface area contributed by atoms with E-state index in [9.17, 15) is 9.59 Å². The molecule has 0 unspecified atom stereocenters. The van der Waals surface area contributed by atoms with Crippen LogP contribution in [0.3, 0.4) is 0 Å². The fourth-order valence-corrected chi connectivity index (χ4v) is 3.77. The lowest BCUT2D eigenvalue weighted by Gasteiger charge is -2.31. The van der Waals surface area contributed by atoms with E-state index in [0.29, 0.717) is 54.5 Å². The number of carbonyl (C=O) groups is 2. The van der Waals surface area contributed by atoms with E-state index in [1.807, 2.05) is 12.1 Å². The third-order valence-corrected chi connectivity index (χ3v) is 5.57. The number of likely N-dealkylation sites (tertiary alicyclic amines) is 1. The topological polar surface area (TPSA) is 109 Å². The van der Waals surface area contributed by atoms with Crippen molar-refractivity contribution in [2.45, 2.75) is 12.8 Å².